The van der Waals surface area contributed by atoms with Crippen molar-refractivity contribution in [2.24, 2.45) is 0 Å². The van der Waals surface area contributed by atoms with Gasteiger partial charge in [-0.1, -0.05) is 11.6 Å². The zero-order valence-corrected chi connectivity index (χ0v) is 9.86. The zero-order valence-electron chi connectivity index (χ0n) is 9.86. The molecule has 94 valence electrons. The summed E-state index contributed by atoms with van der Waals surface area (Å²) in [5, 5.41) is 11.1. The van der Waals surface area contributed by atoms with E-state index in [0.717, 1.165) is 19.3 Å². The summed E-state index contributed by atoms with van der Waals surface area (Å²) in [7, 11) is 0. The zero-order chi connectivity index (χ0) is 12.5. The average molecular weight is 239 g/mol. The maximum absolute atomic E-state index is 12.1. The molecular formula is C12H17NO4. The summed E-state index contributed by atoms with van der Waals surface area (Å²) in [6.45, 7) is 2.09. The third-order valence-electron chi connectivity index (χ3n) is 3.31. The average Bonchev–Trinajstić information content (AvgIpc) is 2.80. The van der Waals surface area contributed by atoms with Crippen LogP contribution < -0.4 is 5.32 Å². The minimum Gasteiger partial charge on any atom is -0.465 e. The van der Waals surface area contributed by atoms with Gasteiger partial charge < -0.3 is 15.2 Å². The van der Waals surface area contributed by atoms with Crippen LogP contribution in [0.5, 0.6) is 0 Å². The van der Waals surface area contributed by atoms with Crippen LogP contribution in [0.1, 0.15) is 32.6 Å². The number of rotatable bonds is 5. The smallest absolute Gasteiger partial charge is 0.405 e. The molecule has 2 rings (SSSR count). The van der Waals surface area contributed by atoms with E-state index < -0.39 is 17.7 Å². The van der Waals surface area contributed by atoms with Crippen molar-refractivity contribution in [3.63, 3.8) is 0 Å². The second-order valence-electron chi connectivity index (χ2n) is 4.84. The second-order valence-corrected chi connectivity index (χ2v) is 4.84. The number of carbonyl (C=O) groups excluding carboxylic acids is 1. The highest BCUT2D eigenvalue weighted by Gasteiger charge is 2.50. The van der Waals surface area contributed by atoms with E-state index >= 15 is 0 Å². The number of ketones is 1. The Morgan fingerprint density at radius 2 is 2.35 bits per heavy atom. The van der Waals surface area contributed by atoms with Crippen molar-refractivity contribution < 1.29 is 19.4 Å². The van der Waals surface area contributed by atoms with Crippen LogP contribution in [0.2, 0.25) is 0 Å². The maximum Gasteiger partial charge on any atom is 0.405 e. The van der Waals surface area contributed by atoms with Gasteiger partial charge in [0, 0.05) is 0 Å². The van der Waals surface area contributed by atoms with E-state index in [1.165, 1.54) is 5.57 Å². The Morgan fingerprint density at radius 1 is 1.65 bits per heavy atom. The number of nitrogens with one attached hydrogen (secondary N) is 1. The van der Waals surface area contributed by atoms with Crippen molar-refractivity contribution in [1.29, 1.82) is 0 Å². The summed E-state index contributed by atoms with van der Waals surface area (Å²) in [6.07, 6.45) is 4.49. The molecule has 0 aromatic carbocycles. The molecule has 2 N–H and O–H groups in total. The molecule has 0 aromatic rings. The minimum atomic E-state index is -1.16. The lowest BCUT2D eigenvalue weighted by molar-refractivity contribution is -0.125. The lowest BCUT2D eigenvalue weighted by Crippen LogP contribution is -2.45. The Kier molecular flexibility index (Phi) is 3.19. The summed E-state index contributed by atoms with van der Waals surface area (Å²) in [5.41, 5.74) is 0.396. The number of amides is 1. The molecule has 17 heavy (non-hydrogen) atoms. The fourth-order valence-corrected chi connectivity index (χ4v) is 2.16. The van der Waals surface area contributed by atoms with E-state index in [4.69, 9.17) is 9.84 Å². The molecule has 2 aliphatic rings. The van der Waals surface area contributed by atoms with Crippen LogP contribution in [0.15, 0.2) is 11.6 Å². The Labute approximate surface area is 99.8 Å². The third-order valence-corrected chi connectivity index (χ3v) is 3.31. The van der Waals surface area contributed by atoms with Crippen molar-refractivity contribution in [3.8, 4) is 0 Å². The van der Waals surface area contributed by atoms with Gasteiger partial charge in [-0.3, -0.25) is 4.79 Å². The van der Waals surface area contributed by atoms with Gasteiger partial charge in [-0.05, 0) is 32.6 Å². The topological polar surface area (TPSA) is 78.9 Å². The molecule has 0 spiro atoms. The van der Waals surface area contributed by atoms with Crippen LogP contribution in [0.3, 0.4) is 0 Å². The molecule has 0 radical (unpaired) electrons. The standard InChI is InChI=1S/C12H17NO4/c1-12(7-17-12)10(14)9(13-11(15)16)6-8-4-2-3-5-8/h4,9,13H,2-3,5-7H2,1H3,(H,15,16). The van der Waals surface area contributed by atoms with Gasteiger partial charge in [0.05, 0.1) is 12.6 Å². The van der Waals surface area contributed by atoms with Gasteiger partial charge in [0.1, 0.15) is 5.60 Å². The van der Waals surface area contributed by atoms with Gasteiger partial charge in [0.2, 0.25) is 0 Å². The molecule has 1 saturated heterocycles. The minimum absolute atomic E-state index is 0.160. The molecule has 0 saturated carbocycles. The SMILES string of the molecule is CC1(C(=O)C(CC2=CCCC2)NC(=O)O)CO1. The van der Waals surface area contributed by atoms with E-state index in [1.807, 2.05) is 0 Å². The second kappa shape index (κ2) is 4.49. The Bertz CT molecular complexity index is 371. The van der Waals surface area contributed by atoms with E-state index in [-0.39, 0.29) is 5.78 Å². The number of ether oxygens (including phenoxy) is 1. The van der Waals surface area contributed by atoms with Gasteiger partial charge in [0.15, 0.2) is 5.78 Å². The number of hydrogen-bond acceptors (Lipinski definition) is 3. The van der Waals surface area contributed by atoms with Crippen LogP contribution in [0.25, 0.3) is 0 Å². The molecule has 0 aromatic heterocycles. The first-order chi connectivity index (χ1) is 8.01. The van der Waals surface area contributed by atoms with E-state index in [1.54, 1.807) is 6.92 Å². The highest BCUT2D eigenvalue weighted by Crippen LogP contribution is 2.31. The summed E-state index contributed by atoms with van der Waals surface area (Å²) in [6, 6.07) is -0.677. The number of allylic oxidation sites excluding steroid dienone is 1. The van der Waals surface area contributed by atoms with Crippen molar-refractivity contribution in [2.45, 2.75) is 44.2 Å². The quantitative estimate of drug-likeness (QED) is 0.562. The molecule has 1 amide bonds. The molecule has 2 unspecified atom stereocenters. The Balaban J connectivity index is 2.01. The van der Waals surface area contributed by atoms with Crippen LogP contribution in [-0.4, -0.2) is 35.2 Å². The first-order valence-corrected chi connectivity index (χ1v) is 5.87. The van der Waals surface area contributed by atoms with Gasteiger partial charge >= 0.3 is 6.09 Å². The number of Topliss-reactive ketones (excluding diaryl/α,β-unsaturated/α-hetero) is 1. The predicted octanol–water partition coefficient (Wildman–Crippen LogP) is 1.48. The predicted molar refractivity (Wildman–Crippen MR) is 60.9 cm³/mol. The summed E-state index contributed by atoms with van der Waals surface area (Å²) in [5.74, 6) is -0.160. The third kappa shape index (κ3) is 2.85. The van der Waals surface area contributed by atoms with E-state index in [9.17, 15) is 9.59 Å². The van der Waals surface area contributed by atoms with Crippen LogP contribution in [0, 0.1) is 0 Å². The molecule has 5 nitrogen and oxygen atoms in total. The number of hydrogen-bond donors (Lipinski definition) is 2. The molecule has 5 heteroatoms. The normalized spacial score (nSPS) is 28.4. The van der Waals surface area contributed by atoms with Crippen molar-refractivity contribution in [1.82, 2.24) is 5.32 Å². The van der Waals surface area contributed by atoms with Crippen molar-refractivity contribution in [2.75, 3.05) is 6.61 Å². The fraction of sp³-hybridized carbons (Fsp3) is 0.667. The van der Waals surface area contributed by atoms with Gasteiger partial charge in [0.25, 0.3) is 0 Å². The Morgan fingerprint density at radius 3 is 2.82 bits per heavy atom. The molecule has 0 bridgehead atoms. The van der Waals surface area contributed by atoms with E-state index in [0.29, 0.717) is 13.0 Å². The van der Waals surface area contributed by atoms with E-state index in [2.05, 4.69) is 11.4 Å². The van der Waals surface area contributed by atoms with Crippen LogP contribution >= 0.6 is 0 Å². The lowest BCUT2D eigenvalue weighted by atomic mass is 9.95. The van der Waals surface area contributed by atoms with Gasteiger partial charge in [-0.15, -0.1) is 0 Å². The summed E-state index contributed by atoms with van der Waals surface area (Å²) >= 11 is 0. The van der Waals surface area contributed by atoms with Gasteiger partial charge in [-0.2, -0.15) is 0 Å². The fourth-order valence-electron chi connectivity index (χ4n) is 2.16. The van der Waals surface area contributed by atoms with Crippen molar-refractivity contribution >= 4 is 11.9 Å². The number of carbonyl (C=O) groups is 2. The lowest BCUT2D eigenvalue weighted by Gasteiger charge is -2.18. The maximum atomic E-state index is 12.1. The number of carboxylic acid groups (broad SMARTS) is 1. The first kappa shape index (κ1) is 12.1. The van der Waals surface area contributed by atoms with Gasteiger partial charge in [-0.25, -0.2) is 4.79 Å². The Hall–Kier alpha value is -1.36. The molecule has 1 aliphatic carbocycles. The monoisotopic (exact) mass is 239 g/mol. The molecule has 1 fully saturated rings. The van der Waals surface area contributed by atoms with Crippen molar-refractivity contribution in [3.05, 3.63) is 11.6 Å². The molecule has 2 atom stereocenters. The summed E-state index contributed by atoms with van der Waals surface area (Å²) in [4.78, 5) is 22.8. The van der Waals surface area contributed by atoms with Crippen LogP contribution in [-0.2, 0) is 9.53 Å². The first-order valence-electron chi connectivity index (χ1n) is 5.87. The highest BCUT2D eigenvalue weighted by atomic mass is 16.6. The largest absolute Gasteiger partial charge is 0.465 e. The molecule has 1 heterocycles. The van der Waals surface area contributed by atoms with Crippen LogP contribution in [0.4, 0.5) is 4.79 Å². The molecular weight excluding hydrogens is 222 g/mol. The molecule has 1 aliphatic heterocycles. The summed E-state index contributed by atoms with van der Waals surface area (Å²) < 4.78 is 5.08. The highest BCUT2D eigenvalue weighted by molar-refractivity contribution is 5.95. The number of epoxide rings is 1.